The molecule has 25 heavy (non-hydrogen) atoms. The van der Waals surface area contributed by atoms with Crippen LogP contribution in [0.5, 0.6) is 0 Å². The Balaban J connectivity index is 1.78. The van der Waals surface area contributed by atoms with Crippen molar-refractivity contribution in [1.29, 1.82) is 0 Å². The summed E-state index contributed by atoms with van der Waals surface area (Å²) >= 11 is 12.4. The molecule has 7 heteroatoms. The zero-order valence-corrected chi connectivity index (χ0v) is 15.5. The first-order valence-electron chi connectivity index (χ1n) is 7.32. The summed E-state index contributed by atoms with van der Waals surface area (Å²) in [7, 11) is 1.53. The van der Waals surface area contributed by atoms with E-state index in [4.69, 9.17) is 23.8 Å². The van der Waals surface area contributed by atoms with E-state index in [1.807, 2.05) is 48.5 Å². The second kappa shape index (κ2) is 7.39. The van der Waals surface area contributed by atoms with Crippen LogP contribution in [0.1, 0.15) is 5.56 Å². The SMILES string of the molecule is CN1C(=O)/C(=C\c2ccc(Sc3ccc(Cl)cc3)cc2)C(=O)NC1=S. The molecule has 0 aromatic heterocycles. The molecule has 1 N–H and O–H groups in total. The Hall–Kier alpha value is -2.15. The molecule has 1 aliphatic heterocycles. The Morgan fingerprint density at radius 1 is 1.04 bits per heavy atom. The highest BCUT2D eigenvalue weighted by Gasteiger charge is 2.30. The Labute approximate surface area is 159 Å². The maximum atomic E-state index is 12.2. The van der Waals surface area contributed by atoms with Crippen LogP contribution in [0, 0.1) is 0 Å². The van der Waals surface area contributed by atoms with Crippen molar-refractivity contribution in [3.63, 3.8) is 0 Å². The number of amides is 2. The van der Waals surface area contributed by atoms with E-state index in [2.05, 4.69) is 5.32 Å². The summed E-state index contributed by atoms with van der Waals surface area (Å²) in [4.78, 5) is 27.5. The lowest BCUT2D eigenvalue weighted by Gasteiger charge is -2.25. The van der Waals surface area contributed by atoms with Gasteiger partial charge in [-0.15, -0.1) is 0 Å². The molecule has 0 bridgehead atoms. The van der Waals surface area contributed by atoms with E-state index in [9.17, 15) is 9.59 Å². The summed E-state index contributed by atoms with van der Waals surface area (Å²) in [6.45, 7) is 0. The average molecular weight is 389 g/mol. The summed E-state index contributed by atoms with van der Waals surface area (Å²) in [5.41, 5.74) is 0.828. The molecule has 1 saturated heterocycles. The molecule has 1 aliphatic rings. The topological polar surface area (TPSA) is 49.4 Å². The zero-order chi connectivity index (χ0) is 18.0. The van der Waals surface area contributed by atoms with Gasteiger partial charge in [0.05, 0.1) is 0 Å². The van der Waals surface area contributed by atoms with Crippen molar-refractivity contribution >= 4 is 58.6 Å². The summed E-state index contributed by atoms with van der Waals surface area (Å²) in [5.74, 6) is -0.888. The summed E-state index contributed by atoms with van der Waals surface area (Å²) < 4.78 is 0. The molecule has 1 heterocycles. The smallest absolute Gasteiger partial charge is 0.265 e. The van der Waals surface area contributed by atoms with Gasteiger partial charge in [-0.2, -0.15) is 0 Å². The van der Waals surface area contributed by atoms with Crippen LogP contribution in [0.15, 0.2) is 63.9 Å². The summed E-state index contributed by atoms with van der Waals surface area (Å²) in [6.07, 6.45) is 1.56. The fourth-order valence-electron chi connectivity index (χ4n) is 2.18. The number of hydrogen-bond acceptors (Lipinski definition) is 4. The van der Waals surface area contributed by atoms with E-state index >= 15 is 0 Å². The number of carbonyl (C=O) groups is 2. The van der Waals surface area contributed by atoms with Gasteiger partial charge in [0.1, 0.15) is 5.57 Å². The van der Waals surface area contributed by atoms with Gasteiger partial charge in [-0.25, -0.2) is 0 Å². The first-order chi connectivity index (χ1) is 11.9. The molecule has 1 fully saturated rings. The van der Waals surface area contributed by atoms with Gasteiger partial charge in [0.25, 0.3) is 11.8 Å². The Kier molecular flexibility index (Phi) is 5.22. The lowest BCUT2D eigenvalue weighted by Crippen LogP contribution is -2.52. The largest absolute Gasteiger partial charge is 0.298 e. The molecule has 4 nitrogen and oxygen atoms in total. The number of rotatable bonds is 3. The first-order valence-corrected chi connectivity index (χ1v) is 8.93. The minimum atomic E-state index is -0.479. The molecule has 0 aliphatic carbocycles. The molecule has 2 aromatic carbocycles. The van der Waals surface area contributed by atoms with E-state index in [0.717, 1.165) is 15.4 Å². The van der Waals surface area contributed by atoms with Gasteiger partial charge >= 0.3 is 0 Å². The number of likely N-dealkylation sites (N-methyl/N-ethyl adjacent to an activating group) is 1. The molecule has 0 radical (unpaired) electrons. The number of nitrogens with one attached hydrogen (secondary N) is 1. The molecule has 2 aromatic rings. The second-order valence-electron chi connectivity index (χ2n) is 5.31. The van der Waals surface area contributed by atoms with Crippen LogP contribution >= 0.6 is 35.6 Å². The minimum absolute atomic E-state index is 0.0641. The molecule has 0 saturated carbocycles. The van der Waals surface area contributed by atoms with E-state index in [-0.39, 0.29) is 10.7 Å². The average Bonchev–Trinajstić information content (AvgIpc) is 2.60. The maximum Gasteiger partial charge on any atom is 0.265 e. The van der Waals surface area contributed by atoms with Crippen molar-refractivity contribution in [2.24, 2.45) is 0 Å². The number of benzene rings is 2. The highest BCUT2D eigenvalue weighted by molar-refractivity contribution is 7.99. The highest BCUT2D eigenvalue weighted by Crippen LogP contribution is 2.29. The number of carbonyl (C=O) groups excluding carboxylic acids is 2. The lowest BCUT2D eigenvalue weighted by molar-refractivity contribution is -0.128. The molecule has 3 rings (SSSR count). The number of nitrogens with zero attached hydrogens (tertiary/aromatic N) is 1. The van der Waals surface area contributed by atoms with E-state index in [1.54, 1.807) is 17.8 Å². The van der Waals surface area contributed by atoms with Crippen molar-refractivity contribution in [2.45, 2.75) is 9.79 Å². The third-order valence-electron chi connectivity index (χ3n) is 3.55. The predicted octanol–water partition coefficient (Wildman–Crippen LogP) is 3.75. The third kappa shape index (κ3) is 4.10. The first kappa shape index (κ1) is 17.7. The molecule has 0 atom stereocenters. The van der Waals surface area contributed by atoms with Crippen LogP contribution in [0.3, 0.4) is 0 Å². The van der Waals surface area contributed by atoms with E-state index < -0.39 is 11.8 Å². The Bertz CT molecular complexity index is 877. The third-order valence-corrected chi connectivity index (χ3v) is 5.19. The van der Waals surface area contributed by atoms with Crippen molar-refractivity contribution in [1.82, 2.24) is 10.2 Å². The van der Waals surface area contributed by atoms with Crippen molar-refractivity contribution in [3.05, 3.63) is 64.7 Å². The van der Waals surface area contributed by atoms with Crippen molar-refractivity contribution < 1.29 is 9.59 Å². The van der Waals surface area contributed by atoms with Gasteiger partial charge in [-0.1, -0.05) is 35.5 Å². The number of thiocarbonyl (C=S) groups is 1. The summed E-state index contributed by atoms with van der Waals surface area (Å²) in [6, 6.07) is 15.2. The number of halogens is 1. The quantitative estimate of drug-likeness (QED) is 0.494. The summed E-state index contributed by atoms with van der Waals surface area (Å²) in [5, 5.41) is 3.31. The van der Waals surface area contributed by atoms with Gasteiger partial charge in [0.15, 0.2) is 5.11 Å². The Morgan fingerprint density at radius 3 is 2.20 bits per heavy atom. The predicted molar refractivity (Wildman–Crippen MR) is 104 cm³/mol. The van der Waals surface area contributed by atoms with E-state index in [1.165, 1.54) is 11.9 Å². The van der Waals surface area contributed by atoms with Crippen LogP contribution in [-0.4, -0.2) is 28.9 Å². The van der Waals surface area contributed by atoms with Gasteiger partial charge < -0.3 is 0 Å². The van der Waals surface area contributed by atoms with Gasteiger partial charge in [0.2, 0.25) is 0 Å². The van der Waals surface area contributed by atoms with Gasteiger partial charge in [-0.05, 0) is 60.3 Å². The fraction of sp³-hybridized carbons (Fsp3) is 0.0556. The highest BCUT2D eigenvalue weighted by atomic mass is 35.5. The van der Waals surface area contributed by atoms with Crippen molar-refractivity contribution in [3.8, 4) is 0 Å². The standard InChI is InChI=1S/C18H13ClN2O2S2/c1-21-17(23)15(16(22)20-18(21)24)10-11-2-6-13(7-3-11)25-14-8-4-12(19)5-9-14/h2-10H,1H3,(H,20,22,24)/b15-10-. The van der Waals surface area contributed by atoms with E-state index in [0.29, 0.717) is 5.02 Å². The van der Waals surface area contributed by atoms with Crippen LogP contribution in [-0.2, 0) is 9.59 Å². The fourth-order valence-corrected chi connectivity index (χ4v) is 3.30. The second-order valence-corrected chi connectivity index (χ2v) is 7.28. The lowest BCUT2D eigenvalue weighted by atomic mass is 10.1. The van der Waals surface area contributed by atoms with Gasteiger partial charge in [-0.3, -0.25) is 19.8 Å². The number of hydrogen-bond donors (Lipinski definition) is 1. The van der Waals surface area contributed by atoms with Crippen LogP contribution in [0.2, 0.25) is 5.02 Å². The maximum absolute atomic E-state index is 12.2. The normalized spacial score (nSPS) is 16.3. The molecule has 0 unspecified atom stereocenters. The minimum Gasteiger partial charge on any atom is -0.298 e. The zero-order valence-electron chi connectivity index (χ0n) is 13.2. The van der Waals surface area contributed by atoms with Gasteiger partial charge in [0, 0.05) is 21.9 Å². The molecular formula is C18H13ClN2O2S2. The van der Waals surface area contributed by atoms with Crippen LogP contribution in [0.25, 0.3) is 6.08 Å². The van der Waals surface area contributed by atoms with Crippen molar-refractivity contribution in [2.75, 3.05) is 7.05 Å². The molecule has 0 spiro atoms. The molecule has 126 valence electrons. The van der Waals surface area contributed by atoms with Crippen LogP contribution in [0.4, 0.5) is 0 Å². The monoisotopic (exact) mass is 388 g/mol. The van der Waals surface area contributed by atoms with Crippen LogP contribution < -0.4 is 5.32 Å². The molecular weight excluding hydrogens is 376 g/mol. The molecule has 2 amide bonds. The Morgan fingerprint density at radius 2 is 1.60 bits per heavy atom.